The first-order chi connectivity index (χ1) is 18.7. The van der Waals surface area contributed by atoms with Gasteiger partial charge < -0.3 is 14.9 Å². The van der Waals surface area contributed by atoms with E-state index in [0.717, 1.165) is 53.7 Å². The van der Waals surface area contributed by atoms with Crippen molar-refractivity contribution in [3.05, 3.63) is 60.3 Å². The molecule has 0 atom stereocenters. The van der Waals surface area contributed by atoms with Crippen LogP contribution in [0.15, 0.2) is 59.1 Å². The van der Waals surface area contributed by atoms with Gasteiger partial charge in [0.15, 0.2) is 5.82 Å². The first-order valence-electron chi connectivity index (χ1n) is 13.7. The third-order valence-electron chi connectivity index (χ3n) is 7.49. The number of esters is 1. The molecule has 2 heterocycles. The highest BCUT2D eigenvalue weighted by atomic mass is 16.5. The van der Waals surface area contributed by atoms with Crippen LogP contribution in [-0.4, -0.2) is 34.3 Å². The molecule has 2 aromatic heterocycles. The molecule has 1 fully saturated rings. The molecular formula is C31H36N4O4. The first kappa shape index (κ1) is 26.5. The lowest BCUT2D eigenvalue weighted by molar-refractivity contribution is -0.124. The zero-order valence-corrected chi connectivity index (χ0v) is 23.0. The number of rotatable bonds is 7. The zero-order valence-electron chi connectivity index (χ0n) is 23.0. The van der Waals surface area contributed by atoms with E-state index in [1.165, 1.54) is 0 Å². The van der Waals surface area contributed by atoms with Crippen LogP contribution in [0.5, 0.6) is 0 Å². The van der Waals surface area contributed by atoms with Gasteiger partial charge in [0, 0.05) is 34.8 Å². The van der Waals surface area contributed by atoms with E-state index in [-0.39, 0.29) is 30.0 Å². The normalized spacial score (nSPS) is 17.5. The maximum Gasteiger partial charge on any atom is 0.343 e. The number of benzene rings is 2. The highest BCUT2D eigenvalue weighted by Crippen LogP contribution is 2.34. The summed E-state index contributed by atoms with van der Waals surface area (Å²) in [5.41, 5.74) is 9.29. The van der Waals surface area contributed by atoms with Gasteiger partial charge in [-0.2, -0.15) is 0 Å². The predicted octanol–water partition coefficient (Wildman–Crippen LogP) is 6.61. The standard InChI is InChI=1S/C31H36N4O4/c1-5-38-31(37)26-18-34(33-29(26)35(19(2)3)30(36)22-8-6-20(4)7-9-22)25-13-10-21(11-14-25)28-17-23-16-24(32)12-15-27(23)39-28/h10-20,22H,5-9,32H2,1-4H3/t20-,22-. The molecule has 2 N–H and O–H groups in total. The Bertz CT molecular complexity index is 1480. The third-order valence-corrected chi connectivity index (χ3v) is 7.49. The van der Waals surface area contributed by atoms with Crippen molar-refractivity contribution in [2.75, 3.05) is 17.2 Å². The smallest absolute Gasteiger partial charge is 0.343 e. The van der Waals surface area contributed by atoms with Crippen LogP contribution in [0.3, 0.4) is 0 Å². The number of anilines is 2. The van der Waals surface area contributed by atoms with E-state index < -0.39 is 5.97 Å². The Hall–Kier alpha value is -4.07. The van der Waals surface area contributed by atoms with Gasteiger partial charge in [-0.25, -0.2) is 9.48 Å². The van der Waals surface area contributed by atoms with E-state index in [0.29, 0.717) is 17.4 Å². The summed E-state index contributed by atoms with van der Waals surface area (Å²) in [6, 6.07) is 15.1. The maximum absolute atomic E-state index is 13.7. The molecule has 39 heavy (non-hydrogen) atoms. The number of aromatic nitrogens is 2. The molecule has 0 aliphatic heterocycles. The van der Waals surface area contributed by atoms with Crippen molar-refractivity contribution in [1.82, 2.24) is 9.78 Å². The number of hydrogen-bond donors (Lipinski definition) is 1. The zero-order chi connectivity index (χ0) is 27.7. The van der Waals surface area contributed by atoms with E-state index in [1.807, 2.05) is 62.4 Å². The van der Waals surface area contributed by atoms with Crippen LogP contribution in [0.2, 0.25) is 0 Å². The summed E-state index contributed by atoms with van der Waals surface area (Å²) in [5.74, 6) is 1.17. The van der Waals surface area contributed by atoms with E-state index in [2.05, 4.69) is 6.92 Å². The lowest BCUT2D eigenvalue weighted by atomic mass is 9.82. The quantitative estimate of drug-likeness (QED) is 0.214. The van der Waals surface area contributed by atoms with E-state index in [9.17, 15) is 9.59 Å². The Labute approximate surface area is 228 Å². The van der Waals surface area contributed by atoms with Crippen LogP contribution < -0.4 is 10.6 Å². The van der Waals surface area contributed by atoms with Gasteiger partial charge in [-0.05, 0) is 101 Å². The van der Waals surface area contributed by atoms with Gasteiger partial charge in [0.1, 0.15) is 16.9 Å². The van der Waals surface area contributed by atoms with Crippen molar-refractivity contribution in [2.45, 2.75) is 59.4 Å². The molecular weight excluding hydrogens is 492 g/mol. The molecule has 0 unspecified atom stereocenters. The molecule has 0 bridgehead atoms. The lowest BCUT2D eigenvalue weighted by Gasteiger charge is -2.32. The van der Waals surface area contributed by atoms with Gasteiger partial charge in [-0.15, -0.1) is 5.10 Å². The molecule has 1 aliphatic rings. The number of nitrogens with zero attached hydrogens (tertiary/aromatic N) is 3. The minimum Gasteiger partial charge on any atom is -0.462 e. The SMILES string of the molecule is CCOC(=O)c1cn(-c2ccc(-c3cc4cc(N)ccc4o3)cc2)nc1N(C(=O)[C@H]1CC[C@H](C)CC1)C(C)C. The fraction of sp³-hybridized carbons (Fsp3) is 0.387. The number of ether oxygens (including phenoxy) is 1. The molecule has 4 aromatic rings. The Morgan fingerprint density at radius 1 is 1.10 bits per heavy atom. The lowest BCUT2D eigenvalue weighted by Crippen LogP contribution is -2.43. The maximum atomic E-state index is 13.7. The Morgan fingerprint density at radius 2 is 1.82 bits per heavy atom. The van der Waals surface area contributed by atoms with Crippen molar-refractivity contribution < 1.29 is 18.7 Å². The number of fused-ring (bicyclic) bond motifs is 1. The van der Waals surface area contributed by atoms with Crippen molar-refractivity contribution in [3.8, 4) is 17.0 Å². The molecule has 1 amide bonds. The first-order valence-corrected chi connectivity index (χ1v) is 13.7. The van der Waals surface area contributed by atoms with Gasteiger partial charge in [0.2, 0.25) is 5.91 Å². The van der Waals surface area contributed by atoms with Gasteiger partial charge in [-0.1, -0.05) is 6.92 Å². The second kappa shape index (κ2) is 11.0. The second-order valence-corrected chi connectivity index (χ2v) is 10.7. The van der Waals surface area contributed by atoms with Crippen LogP contribution in [-0.2, 0) is 9.53 Å². The topological polar surface area (TPSA) is 104 Å². The molecule has 0 spiro atoms. The minimum atomic E-state index is -0.493. The van der Waals surface area contributed by atoms with Crippen LogP contribution in [0.25, 0.3) is 28.0 Å². The molecule has 0 saturated heterocycles. The van der Waals surface area contributed by atoms with Crippen LogP contribution in [0.1, 0.15) is 63.7 Å². The third kappa shape index (κ3) is 5.41. The fourth-order valence-corrected chi connectivity index (χ4v) is 5.32. The number of carbonyl (C=O) groups is 2. The highest BCUT2D eigenvalue weighted by Gasteiger charge is 2.34. The van der Waals surface area contributed by atoms with Crippen LogP contribution >= 0.6 is 0 Å². The van der Waals surface area contributed by atoms with E-state index in [1.54, 1.807) is 22.7 Å². The summed E-state index contributed by atoms with van der Waals surface area (Å²) in [4.78, 5) is 28.4. The fourth-order valence-electron chi connectivity index (χ4n) is 5.32. The predicted molar refractivity (Wildman–Crippen MR) is 153 cm³/mol. The average molecular weight is 529 g/mol. The number of hydrogen-bond acceptors (Lipinski definition) is 6. The largest absolute Gasteiger partial charge is 0.462 e. The summed E-state index contributed by atoms with van der Waals surface area (Å²) in [6.07, 6.45) is 5.43. The van der Waals surface area contributed by atoms with Crippen molar-refractivity contribution >= 4 is 34.4 Å². The van der Waals surface area contributed by atoms with E-state index in [4.69, 9.17) is 20.0 Å². The number of nitrogen functional groups attached to an aromatic ring is 1. The second-order valence-electron chi connectivity index (χ2n) is 10.7. The van der Waals surface area contributed by atoms with Gasteiger partial charge in [-0.3, -0.25) is 9.69 Å². The molecule has 0 radical (unpaired) electrons. The summed E-state index contributed by atoms with van der Waals surface area (Å²) in [7, 11) is 0. The summed E-state index contributed by atoms with van der Waals surface area (Å²) in [6.45, 7) is 8.13. The Balaban J connectivity index is 1.48. The van der Waals surface area contributed by atoms with Crippen molar-refractivity contribution in [1.29, 1.82) is 0 Å². The highest BCUT2D eigenvalue weighted by molar-refractivity contribution is 6.02. The van der Waals surface area contributed by atoms with Crippen LogP contribution in [0.4, 0.5) is 11.5 Å². The number of amides is 1. The molecule has 8 heteroatoms. The summed E-state index contributed by atoms with van der Waals surface area (Å²) < 4.78 is 13.0. The number of furan rings is 1. The molecule has 1 saturated carbocycles. The van der Waals surface area contributed by atoms with Gasteiger partial charge in [0.05, 0.1) is 12.3 Å². The molecule has 2 aromatic carbocycles. The van der Waals surface area contributed by atoms with Crippen LogP contribution in [0, 0.1) is 11.8 Å². The monoisotopic (exact) mass is 528 g/mol. The average Bonchev–Trinajstić information content (AvgIpc) is 3.54. The summed E-state index contributed by atoms with van der Waals surface area (Å²) >= 11 is 0. The van der Waals surface area contributed by atoms with Crippen molar-refractivity contribution in [3.63, 3.8) is 0 Å². The number of carbonyl (C=O) groups excluding carboxylic acids is 2. The molecule has 1 aliphatic carbocycles. The Kier molecular flexibility index (Phi) is 7.46. The number of nitrogens with two attached hydrogens (primary N) is 1. The molecule has 5 rings (SSSR count). The minimum absolute atomic E-state index is 0.0218. The molecule has 8 nitrogen and oxygen atoms in total. The Morgan fingerprint density at radius 3 is 2.49 bits per heavy atom. The van der Waals surface area contributed by atoms with Gasteiger partial charge >= 0.3 is 5.97 Å². The summed E-state index contributed by atoms with van der Waals surface area (Å²) in [5, 5.41) is 5.71. The van der Waals surface area contributed by atoms with Gasteiger partial charge in [0.25, 0.3) is 0 Å². The molecule has 204 valence electrons. The van der Waals surface area contributed by atoms with Crippen molar-refractivity contribution in [2.24, 2.45) is 11.8 Å². The van der Waals surface area contributed by atoms with E-state index >= 15 is 0 Å².